The molecule has 0 saturated carbocycles. The predicted octanol–water partition coefficient (Wildman–Crippen LogP) is 2.52. The molecule has 1 unspecified atom stereocenters. The Balaban J connectivity index is 2.36. The summed E-state index contributed by atoms with van der Waals surface area (Å²) in [6.07, 6.45) is -5.21. The maximum atomic E-state index is 12.9. The quantitative estimate of drug-likeness (QED) is 0.584. The molecule has 1 atom stereocenters. The summed E-state index contributed by atoms with van der Waals surface area (Å²) in [5, 5.41) is 20.8. The second kappa shape index (κ2) is 7.72. The van der Waals surface area contributed by atoms with E-state index in [2.05, 4.69) is 4.98 Å². The van der Waals surface area contributed by atoms with Crippen molar-refractivity contribution in [3.8, 4) is 0 Å². The maximum absolute atomic E-state index is 12.9. The molecule has 13 heteroatoms. The van der Waals surface area contributed by atoms with Crippen LogP contribution in [0.5, 0.6) is 0 Å². The number of hydrogen-bond donors (Lipinski definition) is 1. The van der Waals surface area contributed by atoms with Crippen molar-refractivity contribution in [1.82, 2.24) is 9.88 Å². The Bertz CT molecular complexity index is 824. The first kappa shape index (κ1) is 22.2. The Hall–Kier alpha value is -3.12. The maximum Gasteiger partial charge on any atom is 0.418 e. The predicted molar refractivity (Wildman–Crippen MR) is 92.5 cm³/mol. The zero-order valence-corrected chi connectivity index (χ0v) is 15.8. The second-order valence-corrected chi connectivity index (χ2v) is 7.30. The molecular formula is C16H19F3N4O6. The SMILES string of the molecule is CC(C)(C)OC(=O)N1CCN(c2ncc(C(F)(F)F)cc2[N+](=O)[O-])C(C(=O)O)C1. The standard InChI is InChI=1S/C16H19F3N4O6/c1-15(2,3)29-14(26)21-4-5-22(11(8-21)13(24)25)12-10(23(27)28)6-9(7-20-12)16(17,18)19/h6-7,11H,4-5,8H2,1-3H3,(H,24,25). The Kier molecular flexibility index (Phi) is 5.90. The molecule has 2 rings (SSSR count). The highest BCUT2D eigenvalue weighted by Crippen LogP contribution is 2.36. The van der Waals surface area contributed by atoms with Crippen molar-refractivity contribution >= 4 is 23.6 Å². The molecule has 1 N–H and O–H groups in total. The van der Waals surface area contributed by atoms with Gasteiger partial charge in [-0.1, -0.05) is 0 Å². The average Bonchev–Trinajstić information content (AvgIpc) is 2.58. The topological polar surface area (TPSA) is 126 Å². The fraction of sp³-hybridized carbons (Fsp3) is 0.562. The summed E-state index contributed by atoms with van der Waals surface area (Å²) < 4.78 is 43.8. The van der Waals surface area contributed by atoms with Crippen LogP contribution in [0.2, 0.25) is 0 Å². The van der Waals surface area contributed by atoms with Crippen LogP contribution in [0.4, 0.5) is 29.5 Å². The molecule has 0 aromatic carbocycles. The molecule has 1 amide bonds. The molecule has 0 radical (unpaired) electrons. The summed E-state index contributed by atoms with van der Waals surface area (Å²) in [5.74, 6) is -1.94. The van der Waals surface area contributed by atoms with Crippen LogP contribution in [-0.4, -0.2) is 63.3 Å². The Morgan fingerprint density at radius 2 is 1.93 bits per heavy atom. The summed E-state index contributed by atoms with van der Waals surface area (Å²) in [5.41, 5.74) is -3.12. The molecule has 0 aliphatic carbocycles. The van der Waals surface area contributed by atoms with Crippen LogP contribution >= 0.6 is 0 Å². The van der Waals surface area contributed by atoms with Gasteiger partial charge in [0, 0.05) is 25.4 Å². The number of carbonyl (C=O) groups excluding carboxylic acids is 1. The van der Waals surface area contributed by atoms with Gasteiger partial charge in [0.1, 0.15) is 11.6 Å². The minimum Gasteiger partial charge on any atom is -0.480 e. The minimum absolute atomic E-state index is 0.0570. The number of aliphatic carboxylic acids is 1. The molecule has 1 aliphatic heterocycles. The van der Waals surface area contributed by atoms with Crippen LogP contribution < -0.4 is 4.90 Å². The zero-order chi connectivity index (χ0) is 22.1. The first-order valence-electron chi connectivity index (χ1n) is 8.39. The molecule has 1 fully saturated rings. The van der Waals surface area contributed by atoms with Crippen molar-refractivity contribution in [3.63, 3.8) is 0 Å². The van der Waals surface area contributed by atoms with Crippen LogP contribution in [0.1, 0.15) is 26.3 Å². The number of rotatable bonds is 3. The van der Waals surface area contributed by atoms with E-state index >= 15 is 0 Å². The van der Waals surface area contributed by atoms with E-state index in [1.165, 1.54) is 0 Å². The molecular weight excluding hydrogens is 401 g/mol. The van der Waals surface area contributed by atoms with E-state index < -0.39 is 51.9 Å². The van der Waals surface area contributed by atoms with Gasteiger partial charge in [-0.3, -0.25) is 10.1 Å². The largest absolute Gasteiger partial charge is 0.480 e. The summed E-state index contributed by atoms with van der Waals surface area (Å²) in [6, 6.07) is -1.15. The number of aromatic nitrogens is 1. The van der Waals surface area contributed by atoms with Gasteiger partial charge >= 0.3 is 23.9 Å². The number of amides is 1. The number of nitrogens with zero attached hydrogens (tertiary/aromatic N) is 4. The second-order valence-electron chi connectivity index (χ2n) is 7.30. The van der Waals surface area contributed by atoms with Crippen LogP contribution in [0, 0.1) is 10.1 Å². The van der Waals surface area contributed by atoms with Gasteiger partial charge in [-0.05, 0) is 20.8 Å². The molecule has 160 valence electrons. The fourth-order valence-electron chi connectivity index (χ4n) is 2.70. The minimum atomic E-state index is -4.85. The number of piperazine rings is 1. The molecule has 2 heterocycles. The third-order valence-corrected chi connectivity index (χ3v) is 3.96. The number of halogens is 3. The lowest BCUT2D eigenvalue weighted by molar-refractivity contribution is -0.384. The van der Waals surface area contributed by atoms with Gasteiger partial charge in [-0.15, -0.1) is 0 Å². The van der Waals surface area contributed by atoms with Gasteiger partial charge in [-0.25, -0.2) is 14.6 Å². The van der Waals surface area contributed by atoms with Crippen LogP contribution in [0.25, 0.3) is 0 Å². The van der Waals surface area contributed by atoms with E-state index in [4.69, 9.17) is 4.74 Å². The van der Waals surface area contributed by atoms with Crippen molar-refractivity contribution in [3.05, 3.63) is 27.9 Å². The normalized spacial score (nSPS) is 17.8. The highest BCUT2D eigenvalue weighted by atomic mass is 19.4. The highest BCUT2D eigenvalue weighted by molar-refractivity contribution is 5.81. The molecule has 0 spiro atoms. The van der Waals surface area contributed by atoms with Gasteiger partial charge in [0.15, 0.2) is 0 Å². The summed E-state index contributed by atoms with van der Waals surface area (Å²) in [7, 11) is 0. The lowest BCUT2D eigenvalue weighted by atomic mass is 10.1. The van der Waals surface area contributed by atoms with Crippen molar-refractivity contribution in [1.29, 1.82) is 0 Å². The van der Waals surface area contributed by atoms with E-state index in [0.29, 0.717) is 12.3 Å². The summed E-state index contributed by atoms with van der Waals surface area (Å²) in [4.78, 5) is 39.8. The van der Waals surface area contributed by atoms with Gasteiger partial charge in [0.2, 0.25) is 5.82 Å². The number of carboxylic acids is 1. The molecule has 29 heavy (non-hydrogen) atoms. The van der Waals surface area contributed by atoms with Gasteiger partial charge in [0.25, 0.3) is 0 Å². The van der Waals surface area contributed by atoms with Crippen molar-refractivity contribution in [2.45, 2.75) is 38.6 Å². The van der Waals surface area contributed by atoms with Crippen LogP contribution in [0.15, 0.2) is 12.3 Å². The van der Waals surface area contributed by atoms with Crippen LogP contribution in [-0.2, 0) is 15.7 Å². The third kappa shape index (κ3) is 5.23. The van der Waals surface area contributed by atoms with E-state index in [1.54, 1.807) is 20.8 Å². The molecule has 10 nitrogen and oxygen atoms in total. The van der Waals surface area contributed by atoms with Crippen molar-refractivity contribution in [2.24, 2.45) is 0 Å². The Morgan fingerprint density at radius 1 is 1.31 bits per heavy atom. The first-order chi connectivity index (χ1) is 13.2. The van der Waals surface area contributed by atoms with E-state index in [0.717, 1.165) is 9.80 Å². The molecule has 1 aliphatic rings. The zero-order valence-electron chi connectivity index (χ0n) is 15.8. The monoisotopic (exact) mass is 420 g/mol. The molecule has 1 aromatic heterocycles. The van der Waals surface area contributed by atoms with Gasteiger partial charge < -0.3 is 19.6 Å². The number of carboxylic acid groups (broad SMARTS) is 1. The number of nitro groups is 1. The number of carbonyl (C=O) groups is 2. The third-order valence-electron chi connectivity index (χ3n) is 3.96. The smallest absolute Gasteiger partial charge is 0.418 e. The van der Waals surface area contributed by atoms with E-state index in [-0.39, 0.29) is 19.6 Å². The fourth-order valence-corrected chi connectivity index (χ4v) is 2.70. The number of ether oxygens (including phenoxy) is 1. The highest BCUT2D eigenvalue weighted by Gasteiger charge is 2.41. The Labute approximate surface area is 163 Å². The van der Waals surface area contributed by atoms with Crippen molar-refractivity contribution in [2.75, 3.05) is 24.5 Å². The lowest BCUT2D eigenvalue weighted by Crippen LogP contribution is -2.58. The number of pyridine rings is 1. The lowest BCUT2D eigenvalue weighted by Gasteiger charge is -2.39. The van der Waals surface area contributed by atoms with Gasteiger partial charge in [-0.2, -0.15) is 13.2 Å². The van der Waals surface area contributed by atoms with E-state index in [1.807, 2.05) is 0 Å². The van der Waals surface area contributed by atoms with Crippen LogP contribution in [0.3, 0.4) is 0 Å². The molecule has 0 bridgehead atoms. The molecule has 1 saturated heterocycles. The number of anilines is 1. The molecule has 1 aromatic rings. The van der Waals surface area contributed by atoms with Gasteiger partial charge in [0.05, 0.1) is 17.0 Å². The first-order valence-corrected chi connectivity index (χ1v) is 8.39. The summed E-state index contributed by atoms with van der Waals surface area (Å²) in [6.45, 7) is 4.25. The number of alkyl halides is 3. The van der Waals surface area contributed by atoms with E-state index in [9.17, 15) is 38.0 Å². The van der Waals surface area contributed by atoms with Crippen molar-refractivity contribution < 1.29 is 37.5 Å². The number of hydrogen-bond acceptors (Lipinski definition) is 7. The Morgan fingerprint density at radius 3 is 2.41 bits per heavy atom. The average molecular weight is 420 g/mol. The summed E-state index contributed by atoms with van der Waals surface area (Å²) >= 11 is 0.